The Morgan fingerprint density at radius 2 is 2.15 bits per heavy atom. The topological polar surface area (TPSA) is 64.9 Å². The van der Waals surface area contributed by atoms with Gasteiger partial charge >= 0.3 is 0 Å². The maximum Gasteiger partial charge on any atom is 0.253 e. The van der Waals surface area contributed by atoms with E-state index >= 15 is 0 Å². The molecule has 3 heterocycles. The zero-order valence-electron chi connectivity index (χ0n) is 14.4. The fourth-order valence-electron chi connectivity index (χ4n) is 3.14. The molecule has 2 aromatic heterocycles. The third-order valence-corrected chi connectivity index (χ3v) is 4.57. The smallest absolute Gasteiger partial charge is 0.253 e. The molecule has 1 aliphatic heterocycles. The highest BCUT2D eigenvalue weighted by Crippen LogP contribution is 2.15. The highest BCUT2D eigenvalue weighted by Gasteiger charge is 2.28. The quantitative estimate of drug-likeness (QED) is 0.767. The molecule has 1 fully saturated rings. The van der Waals surface area contributed by atoms with Crippen LogP contribution in [-0.4, -0.2) is 40.7 Å². The van der Waals surface area contributed by atoms with Gasteiger partial charge in [-0.25, -0.2) is 4.98 Å². The van der Waals surface area contributed by atoms with Gasteiger partial charge in [-0.15, -0.1) is 0 Å². The van der Waals surface area contributed by atoms with Gasteiger partial charge in [0.15, 0.2) is 0 Å². The molecule has 6 heteroatoms. The van der Waals surface area contributed by atoms with E-state index in [9.17, 15) is 4.79 Å². The number of nitrogens with zero attached hydrogens (tertiary/aromatic N) is 2. The number of ether oxygens (including phenoxy) is 2. The molecular weight excluding hydrogens is 330 g/mol. The minimum Gasteiger partial charge on any atom is -0.379 e. The third-order valence-electron chi connectivity index (χ3n) is 4.57. The van der Waals surface area contributed by atoms with Crippen LogP contribution in [0, 0.1) is 0 Å². The average molecular weight is 351 g/mol. The van der Waals surface area contributed by atoms with Crippen LogP contribution in [0.4, 0.5) is 0 Å². The lowest BCUT2D eigenvalue weighted by atomic mass is 10.1. The van der Waals surface area contributed by atoms with Crippen molar-refractivity contribution in [2.75, 3.05) is 13.2 Å². The molecule has 0 unspecified atom stereocenters. The van der Waals surface area contributed by atoms with Crippen LogP contribution in [0.15, 0.2) is 61.1 Å². The summed E-state index contributed by atoms with van der Waals surface area (Å²) < 4.78 is 13.4. The van der Waals surface area contributed by atoms with E-state index in [-0.39, 0.29) is 18.1 Å². The number of rotatable bonds is 5. The van der Waals surface area contributed by atoms with Gasteiger partial charge in [0.05, 0.1) is 30.9 Å². The van der Waals surface area contributed by atoms with Gasteiger partial charge in [-0.3, -0.25) is 4.79 Å². The van der Waals surface area contributed by atoms with Gasteiger partial charge in [-0.1, -0.05) is 30.3 Å². The fraction of sp³-hybridized carbons (Fsp3) is 0.300. The maximum absolute atomic E-state index is 12.6. The first-order valence-corrected chi connectivity index (χ1v) is 8.76. The molecule has 3 aromatic rings. The van der Waals surface area contributed by atoms with Crippen molar-refractivity contribution in [2.24, 2.45) is 0 Å². The zero-order chi connectivity index (χ0) is 17.8. The van der Waals surface area contributed by atoms with Crippen molar-refractivity contribution in [2.45, 2.75) is 25.2 Å². The summed E-state index contributed by atoms with van der Waals surface area (Å²) in [6.45, 7) is 1.63. The van der Waals surface area contributed by atoms with E-state index in [4.69, 9.17) is 9.47 Å². The number of pyridine rings is 1. The highest BCUT2D eigenvalue weighted by atomic mass is 16.5. The van der Waals surface area contributed by atoms with Crippen LogP contribution in [0.2, 0.25) is 0 Å². The summed E-state index contributed by atoms with van der Waals surface area (Å²) in [5, 5.41) is 3.06. The van der Waals surface area contributed by atoms with Crippen molar-refractivity contribution < 1.29 is 14.3 Å². The summed E-state index contributed by atoms with van der Waals surface area (Å²) in [6.07, 6.45) is 6.01. The molecule has 1 saturated heterocycles. The Hall–Kier alpha value is -2.70. The third kappa shape index (κ3) is 3.76. The second kappa shape index (κ2) is 7.68. The second-order valence-electron chi connectivity index (χ2n) is 6.39. The molecule has 6 nitrogen and oxygen atoms in total. The minimum absolute atomic E-state index is 0.0649. The van der Waals surface area contributed by atoms with Crippen LogP contribution in [0.1, 0.15) is 22.3 Å². The molecule has 0 radical (unpaired) electrons. The normalized spacial score (nSPS) is 20.2. The Bertz CT molecular complexity index is 878. The number of carbonyl (C=O) groups excluding carboxylic acids is 1. The number of fused-ring (bicyclic) bond motifs is 1. The number of amides is 1. The standard InChI is InChI=1S/C20H21N3O3/c24-20(16-6-7-19-21-9-10-23(19)12-16)22-17-14-25-11-8-18(17)26-13-15-4-2-1-3-5-15/h1-7,9-10,12,17-18H,8,11,13-14H2,(H,22,24)/t17-,18+/m1/s1. The summed E-state index contributed by atoms with van der Waals surface area (Å²) in [7, 11) is 0. The van der Waals surface area contributed by atoms with E-state index < -0.39 is 0 Å². The van der Waals surface area contributed by atoms with Crippen molar-refractivity contribution in [3.05, 3.63) is 72.2 Å². The maximum atomic E-state index is 12.6. The van der Waals surface area contributed by atoms with Gasteiger partial charge in [0.25, 0.3) is 5.91 Å². The molecule has 0 saturated carbocycles. The van der Waals surface area contributed by atoms with E-state index in [0.717, 1.165) is 17.6 Å². The average Bonchev–Trinajstić information content (AvgIpc) is 3.16. The molecule has 0 spiro atoms. The molecule has 4 rings (SSSR count). The Balaban J connectivity index is 1.41. The van der Waals surface area contributed by atoms with E-state index in [0.29, 0.717) is 25.4 Å². The first-order chi connectivity index (χ1) is 12.8. The molecule has 0 bridgehead atoms. The monoisotopic (exact) mass is 351 g/mol. The SMILES string of the molecule is O=C(N[C@@H]1COCC[C@@H]1OCc1ccccc1)c1ccc2nccn2c1. The van der Waals surface area contributed by atoms with Crippen LogP contribution in [0.3, 0.4) is 0 Å². The second-order valence-corrected chi connectivity index (χ2v) is 6.39. The van der Waals surface area contributed by atoms with Crippen LogP contribution < -0.4 is 5.32 Å². The number of hydrogen-bond donors (Lipinski definition) is 1. The first kappa shape index (κ1) is 16.8. The highest BCUT2D eigenvalue weighted by molar-refractivity contribution is 5.94. The van der Waals surface area contributed by atoms with Gasteiger partial charge in [-0.05, 0) is 24.1 Å². The molecule has 1 aliphatic rings. The van der Waals surface area contributed by atoms with Gasteiger partial charge in [-0.2, -0.15) is 0 Å². The lowest BCUT2D eigenvalue weighted by Gasteiger charge is -2.32. The van der Waals surface area contributed by atoms with Crippen molar-refractivity contribution in [3.63, 3.8) is 0 Å². The van der Waals surface area contributed by atoms with Crippen LogP contribution >= 0.6 is 0 Å². The van der Waals surface area contributed by atoms with Crippen molar-refractivity contribution in [1.82, 2.24) is 14.7 Å². The van der Waals surface area contributed by atoms with Crippen LogP contribution in [-0.2, 0) is 16.1 Å². The lowest BCUT2D eigenvalue weighted by molar-refractivity contribution is -0.0605. The predicted octanol–water partition coefficient (Wildman–Crippen LogP) is 2.44. The number of nitrogens with one attached hydrogen (secondary N) is 1. The summed E-state index contributed by atoms with van der Waals surface area (Å²) in [6, 6.07) is 13.5. The molecule has 2 atom stereocenters. The number of aromatic nitrogens is 2. The number of benzene rings is 1. The van der Waals surface area contributed by atoms with Crippen LogP contribution in [0.25, 0.3) is 5.65 Å². The molecule has 1 aromatic carbocycles. The van der Waals surface area contributed by atoms with Crippen molar-refractivity contribution in [1.29, 1.82) is 0 Å². The summed E-state index contributed by atoms with van der Waals surface area (Å²) in [4.78, 5) is 16.8. The van der Waals surface area contributed by atoms with Gasteiger partial charge in [0, 0.05) is 25.2 Å². The largest absolute Gasteiger partial charge is 0.379 e. The van der Waals surface area contributed by atoms with E-state index in [1.54, 1.807) is 18.5 Å². The number of imidazole rings is 1. The molecule has 0 aliphatic carbocycles. The summed E-state index contributed by atoms with van der Waals surface area (Å²) >= 11 is 0. The molecule has 1 N–H and O–H groups in total. The summed E-state index contributed by atoms with van der Waals surface area (Å²) in [5.41, 5.74) is 2.52. The first-order valence-electron chi connectivity index (χ1n) is 8.76. The van der Waals surface area contributed by atoms with Gasteiger partial charge in [0.1, 0.15) is 5.65 Å². The number of carbonyl (C=O) groups is 1. The Kier molecular flexibility index (Phi) is 4.95. The molecule has 1 amide bonds. The zero-order valence-corrected chi connectivity index (χ0v) is 14.4. The van der Waals surface area contributed by atoms with Crippen LogP contribution in [0.5, 0.6) is 0 Å². The Labute approximate surface area is 151 Å². The van der Waals surface area contributed by atoms with Crippen molar-refractivity contribution >= 4 is 11.6 Å². The fourth-order valence-corrected chi connectivity index (χ4v) is 3.14. The predicted molar refractivity (Wildman–Crippen MR) is 96.9 cm³/mol. The number of hydrogen-bond acceptors (Lipinski definition) is 4. The molecule has 134 valence electrons. The van der Waals surface area contributed by atoms with Gasteiger partial charge in [0.2, 0.25) is 0 Å². The van der Waals surface area contributed by atoms with Gasteiger partial charge < -0.3 is 19.2 Å². The molecule has 26 heavy (non-hydrogen) atoms. The summed E-state index contributed by atoms with van der Waals surface area (Å²) in [5.74, 6) is -0.135. The van der Waals surface area contributed by atoms with E-state index in [2.05, 4.69) is 10.3 Å². The Morgan fingerprint density at radius 1 is 1.27 bits per heavy atom. The molecular formula is C20H21N3O3. The van der Waals surface area contributed by atoms with E-state index in [1.807, 2.05) is 47.0 Å². The lowest BCUT2D eigenvalue weighted by Crippen LogP contribution is -2.50. The van der Waals surface area contributed by atoms with E-state index in [1.165, 1.54) is 0 Å². The van der Waals surface area contributed by atoms with Crippen molar-refractivity contribution in [3.8, 4) is 0 Å². The minimum atomic E-state index is -0.168. The Morgan fingerprint density at radius 3 is 3.04 bits per heavy atom.